The Hall–Kier alpha value is -2.71. The van der Waals surface area contributed by atoms with Crippen molar-refractivity contribution >= 4 is 43.2 Å². The number of nitrogens with zero attached hydrogens (tertiary/aromatic N) is 1. The number of amides is 1. The Morgan fingerprint density at radius 3 is 2.37 bits per heavy atom. The molecule has 3 aromatic carbocycles. The highest BCUT2D eigenvalue weighted by atomic mass is 79.9. The van der Waals surface area contributed by atoms with Crippen molar-refractivity contribution in [1.29, 1.82) is 0 Å². The Kier molecular flexibility index (Phi) is 6.58. The fraction of sp³-hybridized carbons (Fsp3) is 0.136. The molecule has 0 aliphatic heterocycles. The zero-order chi connectivity index (χ0) is 21.9. The summed E-state index contributed by atoms with van der Waals surface area (Å²) < 4.78 is 42.3. The van der Waals surface area contributed by atoms with Crippen molar-refractivity contribution in [2.75, 3.05) is 16.2 Å². The highest BCUT2D eigenvalue weighted by molar-refractivity contribution is 9.10. The van der Waals surface area contributed by atoms with Gasteiger partial charge in [-0.2, -0.15) is 0 Å². The van der Waals surface area contributed by atoms with Crippen LogP contribution in [0.3, 0.4) is 0 Å². The minimum atomic E-state index is -4.02. The topological polar surface area (TPSA) is 66.5 Å². The van der Waals surface area contributed by atoms with Gasteiger partial charge in [-0.15, -0.1) is 0 Å². The number of anilines is 2. The van der Waals surface area contributed by atoms with E-state index in [-0.39, 0.29) is 10.6 Å². The maximum atomic E-state index is 14.1. The first kappa shape index (κ1) is 22.0. The van der Waals surface area contributed by atoms with Gasteiger partial charge in [0, 0.05) is 4.47 Å². The molecule has 0 saturated carbocycles. The van der Waals surface area contributed by atoms with Crippen molar-refractivity contribution in [3.8, 4) is 0 Å². The third kappa shape index (κ3) is 4.88. The maximum Gasteiger partial charge on any atom is 0.264 e. The summed E-state index contributed by atoms with van der Waals surface area (Å²) in [5.74, 6) is -1.28. The molecule has 0 aliphatic rings. The molecule has 0 unspecified atom stereocenters. The van der Waals surface area contributed by atoms with Gasteiger partial charge in [0.25, 0.3) is 10.0 Å². The Morgan fingerprint density at radius 2 is 1.73 bits per heavy atom. The van der Waals surface area contributed by atoms with Crippen LogP contribution in [0.15, 0.2) is 76.1 Å². The molecule has 1 amide bonds. The molecular weight excluding hydrogens is 471 g/mol. The van der Waals surface area contributed by atoms with Gasteiger partial charge in [0.15, 0.2) is 0 Å². The second-order valence-corrected chi connectivity index (χ2v) is 9.57. The van der Waals surface area contributed by atoms with E-state index in [1.54, 1.807) is 43.3 Å². The Morgan fingerprint density at radius 1 is 1.03 bits per heavy atom. The monoisotopic (exact) mass is 490 g/mol. The predicted octanol–water partition coefficient (Wildman–Crippen LogP) is 5.04. The van der Waals surface area contributed by atoms with Gasteiger partial charge < -0.3 is 5.32 Å². The third-order valence-electron chi connectivity index (χ3n) is 4.44. The zero-order valence-corrected chi connectivity index (χ0v) is 18.8. The van der Waals surface area contributed by atoms with Crippen LogP contribution in [-0.4, -0.2) is 20.9 Å². The summed E-state index contributed by atoms with van der Waals surface area (Å²) in [6.07, 6.45) is 0. The van der Waals surface area contributed by atoms with E-state index in [1.807, 2.05) is 13.0 Å². The lowest BCUT2D eigenvalue weighted by molar-refractivity contribution is -0.114. The fourth-order valence-electron chi connectivity index (χ4n) is 3.02. The van der Waals surface area contributed by atoms with Crippen LogP contribution in [0, 0.1) is 19.7 Å². The summed E-state index contributed by atoms with van der Waals surface area (Å²) in [4.78, 5) is 12.8. The smallest absolute Gasteiger partial charge is 0.264 e. The normalized spacial score (nSPS) is 11.2. The Balaban J connectivity index is 1.98. The molecule has 5 nitrogen and oxygen atoms in total. The molecule has 3 aromatic rings. The summed E-state index contributed by atoms with van der Waals surface area (Å²) in [5.41, 5.74) is 2.03. The van der Waals surface area contributed by atoms with Crippen LogP contribution in [0.5, 0.6) is 0 Å². The summed E-state index contributed by atoms with van der Waals surface area (Å²) >= 11 is 3.16. The first-order chi connectivity index (χ1) is 14.2. The van der Waals surface area contributed by atoms with Gasteiger partial charge in [-0.1, -0.05) is 51.8 Å². The molecule has 0 bridgehead atoms. The van der Waals surface area contributed by atoms with Crippen LogP contribution >= 0.6 is 15.9 Å². The molecule has 0 radical (unpaired) electrons. The van der Waals surface area contributed by atoms with Crippen LogP contribution in [0.1, 0.15) is 11.1 Å². The number of carbonyl (C=O) groups is 1. The lowest BCUT2D eigenvalue weighted by Gasteiger charge is -2.26. The van der Waals surface area contributed by atoms with E-state index < -0.39 is 28.3 Å². The van der Waals surface area contributed by atoms with Crippen LogP contribution in [0.2, 0.25) is 0 Å². The summed E-state index contributed by atoms with van der Waals surface area (Å²) in [6.45, 7) is 3.18. The minimum Gasteiger partial charge on any atom is -0.322 e. The molecule has 0 saturated heterocycles. The van der Waals surface area contributed by atoms with Crippen molar-refractivity contribution in [3.05, 3.63) is 88.1 Å². The van der Waals surface area contributed by atoms with Gasteiger partial charge >= 0.3 is 0 Å². The summed E-state index contributed by atoms with van der Waals surface area (Å²) in [5, 5.41) is 2.45. The number of carbonyl (C=O) groups excluding carboxylic acids is 1. The number of rotatable bonds is 6. The molecule has 8 heteroatoms. The van der Waals surface area contributed by atoms with E-state index in [0.29, 0.717) is 15.7 Å². The second kappa shape index (κ2) is 8.97. The van der Waals surface area contributed by atoms with Gasteiger partial charge in [0.1, 0.15) is 12.4 Å². The highest BCUT2D eigenvalue weighted by Crippen LogP contribution is 2.28. The van der Waals surface area contributed by atoms with Crippen molar-refractivity contribution in [2.45, 2.75) is 18.7 Å². The highest BCUT2D eigenvalue weighted by Gasteiger charge is 2.28. The van der Waals surface area contributed by atoms with Gasteiger partial charge in [-0.3, -0.25) is 9.10 Å². The molecule has 0 atom stereocenters. The zero-order valence-electron chi connectivity index (χ0n) is 16.4. The number of hydrogen-bond acceptors (Lipinski definition) is 3. The number of nitrogens with one attached hydrogen (secondary N) is 1. The number of aryl methyl sites for hydroxylation is 2. The quantitative estimate of drug-likeness (QED) is 0.526. The predicted molar refractivity (Wildman–Crippen MR) is 120 cm³/mol. The summed E-state index contributed by atoms with van der Waals surface area (Å²) in [7, 11) is -4.02. The van der Waals surface area contributed by atoms with Crippen LogP contribution in [0.4, 0.5) is 15.8 Å². The van der Waals surface area contributed by atoms with Crippen LogP contribution in [-0.2, 0) is 14.8 Å². The third-order valence-corrected chi connectivity index (χ3v) is 6.71. The molecule has 1 N–H and O–H groups in total. The first-order valence-corrected chi connectivity index (χ1v) is 11.3. The van der Waals surface area contributed by atoms with E-state index >= 15 is 0 Å². The molecule has 30 heavy (non-hydrogen) atoms. The van der Waals surface area contributed by atoms with Gasteiger partial charge in [-0.05, 0) is 55.8 Å². The van der Waals surface area contributed by atoms with Crippen molar-refractivity contribution in [3.63, 3.8) is 0 Å². The average molecular weight is 491 g/mol. The molecule has 0 heterocycles. The standard InChI is InChI=1S/C22H20BrFN2O3S/c1-15-8-11-21(16(2)12-15)26(30(28,29)18-6-4-3-5-7-18)14-22(27)25-20-10-9-17(23)13-19(20)24/h3-13H,14H2,1-2H3,(H,25,27). The number of hydrogen-bond donors (Lipinski definition) is 1. The first-order valence-electron chi connectivity index (χ1n) is 9.08. The van der Waals surface area contributed by atoms with E-state index in [4.69, 9.17) is 0 Å². The number of benzene rings is 3. The Labute approximate surface area is 183 Å². The van der Waals surface area contributed by atoms with Crippen molar-refractivity contribution < 1.29 is 17.6 Å². The molecule has 3 rings (SSSR count). The molecule has 0 spiro atoms. The Bertz CT molecular complexity index is 1180. The van der Waals surface area contributed by atoms with E-state index in [1.165, 1.54) is 24.3 Å². The maximum absolute atomic E-state index is 14.1. The molecule has 156 valence electrons. The van der Waals surface area contributed by atoms with Crippen molar-refractivity contribution in [1.82, 2.24) is 0 Å². The van der Waals surface area contributed by atoms with Gasteiger partial charge in [-0.25, -0.2) is 12.8 Å². The van der Waals surface area contributed by atoms with E-state index in [9.17, 15) is 17.6 Å². The van der Waals surface area contributed by atoms with Gasteiger partial charge in [0.05, 0.1) is 16.3 Å². The summed E-state index contributed by atoms with van der Waals surface area (Å²) in [6, 6.07) is 17.4. The minimum absolute atomic E-state index is 0.0270. The number of halogens is 2. The lowest BCUT2D eigenvalue weighted by Crippen LogP contribution is -2.38. The molecule has 0 fully saturated rings. The van der Waals surface area contributed by atoms with Crippen molar-refractivity contribution in [2.24, 2.45) is 0 Å². The van der Waals surface area contributed by atoms with Crippen LogP contribution in [0.25, 0.3) is 0 Å². The number of sulfonamides is 1. The van der Waals surface area contributed by atoms with E-state index in [2.05, 4.69) is 21.2 Å². The van der Waals surface area contributed by atoms with Gasteiger partial charge in [0.2, 0.25) is 5.91 Å². The molecular formula is C22H20BrFN2O3S. The SMILES string of the molecule is Cc1ccc(N(CC(=O)Nc2ccc(Br)cc2F)S(=O)(=O)c2ccccc2)c(C)c1. The molecule has 0 aliphatic carbocycles. The second-order valence-electron chi connectivity index (χ2n) is 6.79. The largest absolute Gasteiger partial charge is 0.322 e. The average Bonchev–Trinajstić information content (AvgIpc) is 2.69. The van der Waals surface area contributed by atoms with Crippen LogP contribution < -0.4 is 9.62 Å². The molecule has 0 aromatic heterocycles. The van der Waals surface area contributed by atoms with E-state index in [0.717, 1.165) is 9.87 Å². The lowest BCUT2D eigenvalue weighted by atomic mass is 10.1. The fourth-order valence-corrected chi connectivity index (χ4v) is 4.86.